The van der Waals surface area contributed by atoms with Crippen LogP contribution in [0.5, 0.6) is 11.5 Å². The van der Waals surface area contributed by atoms with E-state index in [-0.39, 0.29) is 42.3 Å². The largest absolute Gasteiger partial charge is 0.493 e. The number of halogens is 3. The first-order valence-corrected chi connectivity index (χ1v) is 8.51. The van der Waals surface area contributed by atoms with Crippen molar-refractivity contribution in [2.24, 2.45) is 10.7 Å². The van der Waals surface area contributed by atoms with Crippen molar-refractivity contribution >= 4 is 45.9 Å². The highest BCUT2D eigenvalue weighted by atomic mass is 127. The van der Waals surface area contributed by atoms with Crippen molar-refractivity contribution in [1.82, 2.24) is 5.32 Å². The molecule has 2 rings (SSSR count). The van der Waals surface area contributed by atoms with Crippen LogP contribution in [0.3, 0.4) is 0 Å². The van der Waals surface area contributed by atoms with Crippen molar-refractivity contribution in [3.63, 3.8) is 0 Å². The normalized spacial score (nSPS) is 10.8. The molecule has 0 atom stereocenters. The maximum absolute atomic E-state index is 13.7. The summed E-state index contributed by atoms with van der Waals surface area (Å²) in [5.41, 5.74) is 7.40. The Morgan fingerprint density at radius 2 is 1.88 bits per heavy atom. The SMILES string of the molecule is COc1ccc(CCNC(N)=NCc2cc(Br)ccc2F)cc1OC.I. The van der Waals surface area contributed by atoms with E-state index in [1.165, 1.54) is 6.07 Å². The first-order valence-electron chi connectivity index (χ1n) is 7.72. The highest BCUT2D eigenvalue weighted by molar-refractivity contribution is 14.0. The van der Waals surface area contributed by atoms with Gasteiger partial charge >= 0.3 is 0 Å². The number of guanidine groups is 1. The molecule has 0 aliphatic rings. The Hall–Kier alpha value is -1.55. The van der Waals surface area contributed by atoms with Gasteiger partial charge in [-0.2, -0.15) is 0 Å². The van der Waals surface area contributed by atoms with Crippen LogP contribution in [0.4, 0.5) is 4.39 Å². The van der Waals surface area contributed by atoms with Crippen LogP contribution in [-0.4, -0.2) is 26.7 Å². The van der Waals surface area contributed by atoms with Crippen LogP contribution >= 0.6 is 39.9 Å². The van der Waals surface area contributed by atoms with Crippen LogP contribution in [0.1, 0.15) is 11.1 Å². The van der Waals surface area contributed by atoms with E-state index in [4.69, 9.17) is 15.2 Å². The summed E-state index contributed by atoms with van der Waals surface area (Å²) in [7, 11) is 3.20. The van der Waals surface area contributed by atoms with E-state index in [9.17, 15) is 4.39 Å². The van der Waals surface area contributed by atoms with Crippen molar-refractivity contribution in [2.75, 3.05) is 20.8 Å². The molecule has 142 valence electrons. The fourth-order valence-corrected chi connectivity index (χ4v) is 2.67. The van der Waals surface area contributed by atoms with E-state index < -0.39 is 0 Å². The van der Waals surface area contributed by atoms with E-state index in [0.29, 0.717) is 23.6 Å². The molecule has 0 spiro atoms. The van der Waals surface area contributed by atoms with Crippen molar-refractivity contribution < 1.29 is 13.9 Å². The topological polar surface area (TPSA) is 68.9 Å². The second-order valence-corrected chi connectivity index (χ2v) is 6.22. The van der Waals surface area contributed by atoms with Gasteiger partial charge in [0.25, 0.3) is 0 Å². The summed E-state index contributed by atoms with van der Waals surface area (Å²) in [6.07, 6.45) is 0.738. The van der Waals surface area contributed by atoms with Crippen molar-refractivity contribution in [3.05, 3.63) is 57.8 Å². The minimum absolute atomic E-state index is 0. The number of ether oxygens (including phenoxy) is 2. The Balaban J connectivity index is 0.00000338. The van der Waals surface area contributed by atoms with Gasteiger partial charge < -0.3 is 20.5 Å². The second kappa shape index (κ2) is 11.2. The van der Waals surface area contributed by atoms with Gasteiger partial charge in [-0.05, 0) is 42.3 Å². The third-order valence-electron chi connectivity index (χ3n) is 3.60. The van der Waals surface area contributed by atoms with Crippen LogP contribution in [0.15, 0.2) is 45.9 Å². The van der Waals surface area contributed by atoms with Crippen LogP contribution in [0.2, 0.25) is 0 Å². The lowest BCUT2D eigenvalue weighted by Crippen LogP contribution is -2.33. The molecule has 0 unspecified atom stereocenters. The van der Waals surface area contributed by atoms with Gasteiger partial charge in [-0.15, -0.1) is 24.0 Å². The highest BCUT2D eigenvalue weighted by Gasteiger charge is 2.05. The summed E-state index contributed by atoms with van der Waals surface area (Å²) in [6.45, 7) is 0.784. The lowest BCUT2D eigenvalue weighted by Gasteiger charge is -2.10. The number of benzene rings is 2. The third-order valence-corrected chi connectivity index (χ3v) is 4.09. The molecule has 0 aliphatic heterocycles. The molecular weight excluding hydrogens is 516 g/mol. The molecule has 26 heavy (non-hydrogen) atoms. The smallest absolute Gasteiger partial charge is 0.188 e. The lowest BCUT2D eigenvalue weighted by atomic mass is 10.1. The van der Waals surface area contributed by atoms with Crippen LogP contribution in [-0.2, 0) is 13.0 Å². The molecule has 2 aromatic rings. The van der Waals surface area contributed by atoms with E-state index >= 15 is 0 Å². The summed E-state index contributed by atoms with van der Waals surface area (Å²) in [6, 6.07) is 10.5. The molecular formula is C18H22BrFIN3O2. The Morgan fingerprint density at radius 3 is 2.58 bits per heavy atom. The van der Waals surface area contributed by atoms with Gasteiger partial charge in [-0.1, -0.05) is 22.0 Å². The fraction of sp³-hybridized carbons (Fsp3) is 0.278. The maximum atomic E-state index is 13.7. The Bertz CT molecular complexity index is 759. The van der Waals surface area contributed by atoms with Gasteiger partial charge in [0.1, 0.15) is 5.82 Å². The molecule has 0 fully saturated rings. The number of hydrogen-bond donors (Lipinski definition) is 2. The number of hydrogen-bond acceptors (Lipinski definition) is 3. The van der Waals surface area contributed by atoms with E-state index in [1.54, 1.807) is 26.4 Å². The molecule has 0 saturated carbocycles. The first kappa shape index (κ1) is 22.5. The molecule has 0 heterocycles. The van der Waals surface area contributed by atoms with Crippen LogP contribution < -0.4 is 20.5 Å². The molecule has 0 bridgehead atoms. The molecule has 0 radical (unpaired) electrons. The number of nitrogens with one attached hydrogen (secondary N) is 1. The van der Waals surface area contributed by atoms with Crippen molar-refractivity contribution in [1.29, 1.82) is 0 Å². The average Bonchev–Trinajstić information content (AvgIpc) is 2.62. The predicted molar refractivity (Wildman–Crippen MR) is 116 cm³/mol. The molecule has 2 aromatic carbocycles. The van der Waals surface area contributed by atoms with Crippen LogP contribution in [0.25, 0.3) is 0 Å². The number of methoxy groups -OCH3 is 2. The van der Waals surface area contributed by atoms with Gasteiger partial charge in [-0.3, -0.25) is 0 Å². The Labute approximate surface area is 178 Å². The van der Waals surface area contributed by atoms with E-state index in [2.05, 4.69) is 26.2 Å². The third kappa shape index (κ3) is 6.64. The fourth-order valence-electron chi connectivity index (χ4n) is 2.26. The summed E-state index contributed by atoms with van der Waals surface area (Å²) in [5, 5.41) is 3.02. The first-order chi connectivity index (χ1) is 12.0. The minimum atomic E-state index is -0.301. The number of nitrogens with two attached hydrogens (primary N) is 1. The Kier molecular flexibility index (Phi) is 9.71. The molecule has 0 aromatic heterocycles. The van der Waals surface area contributed by atoms with E-state index in [1.807, 2.05) is 18.2 Å². The van der Waals surface area contributed by atoms with Gasteiger partial charge in [0, 0.05) is 16.6 Å². The van der Waals surface area contributed by atoms with Gasteiger partial charge in [-0.25, -0.2) is 9.38 Å². The zero-order chi connectivity index (χ0) is 18.2. The quantitative estimate of drug-likeness (QED) is 0.319. The minimum Gasteiger partial charge on any atom is -0.493 e. The van der Waals surface area contributed by atoms with Gasteiger partial charge in [0.15, 0.2) is 17.5 Å². The monoisotopic (exact) mass is 537 g/mol. The lowest BCUT2D eigenvalue weighted by molar-refractivity contribution is 0.354. The molecule has 0 amide bonds. The zero-order valence-corrected chi connectivity index (χ0v) is 18.5. The number of nitrogens with zero attached hydrogens (tertiary/aromatic N) is 1. The van der Waals surface area contributed by atoms with E-state index in [0.717, 1.165) is 16.5 Å². The average molecular weight is 538 g/mol. The number of rotatable bonds is 7. The molecule has 0 aliphatic carbocycles. The summed E-state index contributed by atoms with van der Waals surface area (Å²) < 4.78 is 24.9. The summed E-state index contributed by atoms with van der Waals surface area (Å²) >= 11 is 3.31. The zero-order valence-electron chi connectivity index (χ0n) is 14.6. The summed E-state index contributed by atoms with van der Waals surface area (Å²) in [4.78, 5) is 4.17. The van der Waals surface area contributed by atoms with Gasteiger partial charge in [0.05, 0.1) is 20.8 Å². The highest BCUT2D eigenvalue weighted by Crippen LogP contribution is 2.27. The molecule has 5 nitrogen and oxygen atoms in total. The molecule has 8 heteroatoms. The molecule has 3 N–H and O–H groups in total. The molecule has 0 saturated heterocycles. The standard InChI is InChI=1S/C18H21BrFN3O2.HI/c1-24-16-6-3-12(9-17(16)25-2)7-8-22-18(21)23-11-13-10-14(19)4-5-15(13)20;/h3-6,9-10H,7-8,11H2,1-2H3,(H3,21,22,23);1H. The second-order valence-electron chi connectivity index (χ2n) is 5.30. The maximum Gasteiger partial charge on any atom is 0.188 e. The summed E-state index contributed by atoms with van der Waals surface area (Å²) in [5.74, 6) is 1.35. The van der Waals surface area contributed by atoms with Crippen LogP contribution in [0, 0.1) is 5.82 Å². The van der Waals surface area contributed by atoms with Gasteiger partial charge in [0.2, 0.25) is 0 Å². The predicted octanol–water partition coefficient (Wildman–Crippen LogP) is 3.87. The van der Waals surface area contributed by atoms with Crippen molar-refractivity contribution in [3.8, 4) is 11.5 Å². The van der Waals surface area contributed by atoms with Crippen molar-refractivity contribution in [2.45, 2.75) is 13.0 Å². The number of aliphatic imine (C=N–C) groups is 1. The Morgan fingerprint density at radius 1 is 1.15 bits per heavy atom.